The van der Waals surface area contributed by atoms with Gasteiger partial charge in [0.15, 0.2) is 0 Å². The lowest BCUT2D eigenvalue weighted by Crippen LogP contribution is -2.14. The number of amides is 1. The number of aromatic nitrogens is 3. The van der Waals surface area contributed by atoms with Gasteiger partial charge in [-0.25, -0.2) is 4.98 Å². The van der Waals surface area contributed by atoms with Crippen molar-refractivity contribution in [2.24, 2.45) is 0 Å². The molecule has 0 saturated carbocycles. The second-order valence-electron chi connectivity index (χ2n) is 5.23. The van der Waals surface area contributed by atoms with Crippen LogP contribution in [-0.2, 0) is 17.6 Å². The monoisotopic (exact) mass is 345 g/mol. The Morgan fingerprint density at radius 3 is 3.00 bits per heavy atom. The van der Waals surface area contributed by atoms with Crippen LogP contribution < -0.4 is 5.32 Å². The van der Waals surface area contributed by atoms with E-state index in [1.165, 1.54) is 28.7 Å². The van der Waals surface area contributed by atoms with Crippen LogP contribution in [0.25, 0.3) is 0 Å². The lowest BCUT2D eigenvalue weighted by Gasteiger charge is -2.16. The summed E-state index contributed by atoms with van der Waals surface area (Å²) in [7, 11) is 0. The first-order valence-electron chi connectivity index (χ1n) is 7.31. The average molecular weight is 345 g/mol. The van der Waals surface area contributed by atoms with Crippen molar-refractivity contribution in [3.63, 3.8) is 0 Å². The number of nitrogens with zero attached hydrogens (tertiary/aromatic N) is 4. The molecule has 0 aromatic carbocycles. The number of pyridine rings is 1. The summed E-state index contributed by atoms with van der Waals surface area (Å²) in [6.45, 7) is 1.83. The van der Waals surface area contributed by atoms with Gasteiger partial charge in [0.2, 0.25) is 11.0 Å². The van der Waals surface area contributed by atoms with Gasteiger partial charge in [0, 0.05) is 5.69 Å². The van der Waals surface area contributed by atoms with Gasteiger partial charge in [-0.2, -0.15) is 5.26 Å². The number of nitrogens with one attached hydrogen (secondary N) is 1. The summed E-state index contributed by atoms with van der Waals surface area (Å²) in [5, 5.41) is 21.7. The van der Waals surface area contributed by atoms with E-state index in [1.54, 1.807) is 0 Å². The number of hydrogen-bond donors (Lipinski definition) is 1. The molecule has 1 aliphatic carbocycles. The summed E-state index contributed by atoms with van der Waals surface area (Å²) in [5.74, 6) is 0.0218. The predicted octanol–water partition coefficient (Wildman–Crippen LogP) is 2.72. The minimum absolute atomic E-state index is 0.172. The van der Waals surface area contributed by atoms with Crippen LogP contribution in [0.4, 0.5) is 5.13 Å². The predicted molar refractivity (Wildman–Crippen MR) is 89.6 cm³/mol. The van der Waals surface area contributed by atoms with Gasteiger partial charge in [-0.15, -0.1) is 10.2 Å². The maximum Gasteiger partial charge on any atom is 0.236 e. The van der Waals surface area contributed by atoms with E-state index in [0.29, 0.717) is 15.7 Å². The number of thioether (sulfide) groups is 1. The van der Waals surface area contributed by atoms with E-state index >= 15 is 0 Å². The maximum atomic E-state index is 12.0. The van der Waals surface area contributed by atoms with Crippen molar-refractivity contribution in [3.8, 4) is 6.07 Å². The fraction of sp³-hybridized carbons (Fsp3) is 0.400. The highest BCUT2D eigenvalue weighted by Gasteiger charge is 2.16. The highest BCUT2D eigenvalue weighted by atomic mass is 32.2. The highest BCUT2D eigenvalue weighted by Crippen LogP contribution is 2.27. The van der Waals surface area contributed by atoms with E-state index in [2.05, 4.69) is 26.6 Å². The van der Waals surface area contributed by atoms with Crippen molar-refractivity contribution in [2.45, 2.75) is 37.6 Å². The molecular weight excluding hydrogens is 330 g/mol. The number of carbonyl (C=O) groups is 1. The van der Waals surface area contributed by atoms with E-state index in [-0.39, 0.29) is 11.7 Å². The quantitative estimate of drug-likeness (QED) is 0.857. The molecule has 3 rings (SSSR count). The second-order valence-corrected chi connectivity index (χ2v) is 7.37. The molecule has 1 N–H and O–H groups in total. The summed E-state index contributed by atoms with van der Waals surface area (Å²) in [5.41, 5.74) is 2.79. The van der Waals surface area contributed by atoms with Crippen molar-refractivity contribution >= 4 is 34.1 Å². The van der Waals surface area contributed by atoms with Crippen molar-refractivity contribution < 1.29 is 4.79 Å². The number of nitriles is 1. The SMILES string of the molecule is Cc1nnc(NC(=O)CSc2nc3c(cc2C#N)CCCC3)s1. The van der Waals surface area contributed by atoms with Crippen LogP contribution in [0.3, 0.4) is 0 Å². The van der Waals surface area contributed by atoms with Crippen LogP contribution in [0.1, 0.15) is 34.7 Å². The summed E-state index contributed by atoms with van der Waals surface area (Å²) in [6.07, 6.45) is 4.21. The fourth-order valence-corrected chi connectivity index (χ4v) is 3.82. The minimum atomic E-state index is -0.172. The Morgan fingerprint density at radius 1 is 1.43 bits per heavy atom. The minimum Gasteiger partial charge on any atom is -0.300 e. The van der Waals surface area contributed by atoms with E-state index < -0.39 is 0 Å². The zero-order valence-corrected chi connectivity index (χ0v) is 14.3. The lowest BCUT2D eigenvalue weighted by molar-refractivity contribution is -0.113. The number of carbonyl (C=O) groups excluding carboxylic acids is 1. The Bertz CT molecular complexity index is 781. The number of fused-ring (bicyclic) bond motifs is 1. The van der Waals surface area contributed by atoms with Gasteiger partial charge in [-0.3, -0.25) is 10.1 Å². The number of hydrogen-bond acceptors (Lipinski definition) is 7. The van der Waals surface area contributed by atoms with Crippen LogP contribution in [-0.4, -0.2) is 26.8 Å². The molecule has 0 spiro atoms. The molecule has 2 aromatic heterocycles. The smallest absolute Gasteiger partial charge is 0.236 e. The normalized spacial score (nSPS) is 13.2. The molecule has 0 fully saturated rings. The first-order chi connectivity index (χ1) is 11.2. The van der Waals surface area contributed by atoms with Crippen molar-refractivity contribution in [1.82, 2.24) is 15.2 Å². The van der Waals surface area contributed by atoms with Crippen LogP contribution in [0, 0.1) is 18.3 Å². The molecule has 8 heteroatoms. The molecular formula is C15H15N5OS2. The molecule has 118 valence electrons. The fourth-order valence-electron chi connectivity index (χ4n) is 2.44. The van der Waals surface area contributed by atoms with Crippen LogP contribution >= 0.6 is 23.1 Å². The lowest BCUT2D eigenvalue weighted by atomic mass is 9.95. The Hall–Kier alpha value is -1.98. The zero-order chi connectivity index (χ0) is 16.2. The van der Waals surface area contributed by atoms with E-state index in [9.17, 15) is 10.1 Å². The third-order valence-corrected chi connectivity index (χ3v) is 5.24. The summed E-state index contributed by atoms with van der Waals surface area (Å²) >= 11 is 2.62. The third kappa shape index (κ3) is 3.86. The second kappa shape index (κ2) is 7.06. The summed E-state index contributed by atoms with van der Waals surface area (Å²) < 4.78 is 0. The van der Waals surface area contributed by atoms with Gasteiger partial charge in [0.25, 0.3) is 0 Å². The van der Waals surface area contributed by atoms with Crippen molar-refractivity contribution in [2.75, 3.05) is 11.1 Å². The van der Waals surface area contributed by atoms with Crippen molar-refractivity contribution in [1.29, 1.82) is 5.26 Å². The molecule has 2 aromatic rings. The molecule has 2 heterocycles. The summed E-state index contributed by atoms with van der Waals surface area (Å²) in [4.78, 5) is 16.6. The Balaban J connectivity index is 1.67. The van der Waals surface area contributed by atoms with Gasteiger partial charge >= 0.3 is 0 Å². The maximum absolute atomic E-state index is 12.0. The topological polar surface area (TPSA) is 91.6 Å². The van der Waals surface area contributed by atoms with Crippen LogP contribution in [0.15, 0.2) is 11.1 Å². The first kappa shape index (κ1) is 15.9. The number of rotatable bonds is 4. The Morgan fingerprint density at radius 2 is 2.26 bits per heavy atom. The van der Waals surface area contributed by atoms with E-state index in [0.717, 1.165) is 36.4 Å². The Labute approximate surface area is 142 Å². The molecule has 0 aliphatic heterocycles. The number of anilines is 1. The van der Waals surface area contributed by atoms with Crippen molar-refractivity contribution in [3.05, 3.63) is 27.9 Å². The van der Waals surface area contributed by atoms with Crippen LogP contribution in [0.2, 0.25) is 0 Å². The van der Waals surface area contributed by atoms with E-state index in [1.807, 2.05) is 13.0 Å². The highest BCUT2D eigenvalue weighted by molar-refractivity contribution is 8.00. The van der Waals surface area contributed by atoms with Gasteiger partial charge in [0.1, 0.15) is 16.1 Å². The molecule has 0 radical (unpaired) electrons. The van der Waals surface area contributed by atoms with Gasteiger partial charge in [0.05, 0.1) is 11.3 Å². The van der Waals surface area contributed by atoms with Gasteiger partial charge in [-0.1, -0.05) is 23.1 Å². The first-order valence-corrected chi connectivity index (χ1v) is 9.11. The van der Waals surface area contributed by atoms with Crippen LogP contribution in [0.5, 0.6) is 0 Å². The standard InChI is InChI=1S/C15H15N5OS2/c1-9-19-20-15(23-9)18-13(21)8-22-14-11(7-16)6-10-4-2-3-5-12(10)17-14/h6H,2-5,8H2,1H3,(H,18,20,21). The largest absolute Gasteiger partial charge is 0.300 e. The molecule has 0 unspecified atom stereocenters. The van der Waals surface area contributed by atoms with E-state index in [4.69, 9.17) is 0 Å². The molecule has 6 nitrogen and oxygen atoms in total. The molecule has 0 atom stereocenters. The summed E-state index contributed by atoms with van der Waals surface area (Å²) in [6, 6.07) is 4.11. The molecule has 0 bridgehead atoms. The third-order valence-electron chi connectivity index (χ3n) is 3.50. The number of aryl methyl sites for hydroxylation is 3. The van der Waals surface area contributed by atoms with Gasteiger partial charge in [-0.05, 0) is 44.2 Å². The molecule has 0 saturated heterocycles. The molecule has 23 heavy (non-hydrogen) atoms. The molecule has 1 aliphatic rings. The average Bonchev–Trinajstić information content (AvgIpc) is 2.96. The van der Waals surface area contributed by atoms with Gasteiger partial charge < -0.3 is 0 Å². The zero-order valence-electron chi connectivity index (χ0n) is 12.6. The molecule has 1 amide bonds. The Kier molecular flexibility index (Phi) is 4.88.